The Morgan fingerprint density at radius 1 is 1.17 bits per heavy atom. The van der Waals surface area contributed by atoms with Gasteiger partial charge >= 0.3 is 0 Å². The van der Waals surface area contributed by atoms with Gasteiger partial charge in [-0.05, 0) is 67.1 Å². The first-order valence-electron chi connectivity index (χ1n) is 11.7. The van der Waals surface area contributed by atoms with Crippen LogP contribution in [0.1, 0.15) is 47.1 Å². The maximum absolute atomic E-state index is 14.1. The molecule has 5 nitrogen and oxygen atoms in total. The summed E-state index contributed by atoms with van der Waals surface area (Å²) in [6.07, 6.45) is 1.35. The number of benzene rings is 2. The van der Waals surface area contributed by atoms with E-state index >= 15 is 0 Å². The molecule has 1 aromatic heterocycles. The molecule has 184 valence electrons. The van der Waals surface area contributed by atoms with Gasteiger partial charge in [0.1, 0.15) is 19.0 Å². The molecule has 0 saturated heterocycles. The first kappa shape index (κ1) is 24.9. The van der Waals surface area contributed by atoms with Gasteiger partial charge in [0.15, 0.2) is 11.6 Å². The predicted molar refractivity (Wildman–Crippen MR) is 132 cm³/mol. The average Bonchev–Trinajstić information content (AvgIpc) is 3.35. The van der Waals surface area contributed by atoms with Crippen molar-refractivity contribution in [3.05, 3.63) is 87.6 Å². The highest BCUT2D eigenvalue weighted by molar-refractivity contribution is 7.10. The molecule has 0 N–H and O–H groups in total. The van der Waals surface area contributed by atoms with Crippen LogP contribution in [0, 0.1) is 11.6 Å². The number of ether oxygens (including phenoxy) is 1. The third-order valence-corrected chi connectivity index (χ3v) is 7.41. The van der Waals surface area contributed by atoms with Crippen LogP contribution < -0.4 is 4.74 Å². The summed E-state index contributed by atoms with van der Waals surface area (Å²) in [4.78, 5) is 31.2. The molecule has 8 heteroatoms. The standard InChI is InChI=1S/C27H28F2N2O3S/c1-3-18(2)31(27(33)19-7-6-8-20(28)15-19)16-26(32)30-13-11-25-21(12-14-35-25)23(30)17-34-24-10-5-4-9-22(24)29/h4-10,12,14-15,18,23H,3,11,13,16-17H2,1-2H3/t18-,23-/m1/s1. The molecule has 0 unspecified atom stereocenters. The summed E-state index contributed by atoms with van der Waals surface area (Å²) < 4.78 is 33.7. The van der Waals surface area contributed by atoms with Gasteiger partial charge in [-0.15, -0.1) is 11.3 Å². The molecule has 35 heavy (non-hydrogen) atoms. The average molecular weight is 499 g/mol. The monoisotopic (exact) mass is 498 g/mol. The molecule has 0 radical (unpaired) electrons. The van der Waals surface area contributed by atoms with Crippen LogP contribution in [0.4, 0.5) is 8.78 Å². The summed E-state index contributed by atoms with van der Waals surface area (Å²) in [5.41, 5.74) is 1.19. The number of amides is 2. The van der Waals surface area contributed by atoms with E-state index in [1.807, 2.05) is 25.3 Å². The molecule has 2 heterocycles. The summed E-state index contributed by atoms with van der Waals surface area (Å²) in [6, 6.07) is 13.0. The highest BCUT2D eigenvalue weighted by Crippen LogP contribution is 2.34. The molecule has 1 aliphatic rings. The fraction of sp³-hybridized carbons (Fsp3) is 0.333. The molecular weight excluding hydrogens is 470 g/mol. The van der Waals surface area contributed by atoms with Gasteiger partial charge in [-0.3, -0.25) is 9.59 Å². The van der Waals surface area contributed by atoms with Gasteiger partial charge in [-0.1, -0.05) is 25.1 Å². The van der Waals surface area contributed by atoms with Crippen LogP contribution in [-0.4, -0.2) is 47.4 Å². The number of rotatable bonds is 8. The second-order valence-electron chi connectivity index (χ2n) is 8.59. The number of nitrogens with zero attached hydrogens (tertiary/aromatic N) is 2. The van der Waals surface area contributed by atoms with Crippen LogP contribution >= 0.6 is 11.3 Å². The topological polar surface area (TPSA) is 49.9 Å². The second-order valence-corrected chi connectivity index (χ2v) is 9.59. The Morgan fingerprint density at radius 2 is 1.97 bits per heavy atom. The maximum atomic E-state index is 14.1. The quantitative estimate of drug-likeness (QED) is 0.414. The van der Waals surface area contributed by atoms with Crippen LogP contribution in [0.2, 0.25) is 0 Å². The lowest BCUT2D eigenvalue weighted by molar-refractivity contribution is -0.136. The Kier molecular flexibility index (Phi) is 7.80. The van der Waals surface area contributed by atoms with E-state index in [4.69, 9.17) is 4.74 Å². The minimum absolute atomic E-state index is 0.0948. The van der Waals surface area contributed by atoms with E-state index in [0.717, 1.165) is 5.56 Å². The van der Waals surface area contributed by atoms with Crippen molar-refractivity contribution in [2.45, 2.75) is 38.8 Å². The molecule has 4 rings (SSSR count). The Balaban J connectivity index is 1.56. The first-order chi connectivity index (χ1) is 16.9. The third-order valence-electron chi connectivity index (χ3n) is 6.41. The van der Waals surface area contributed by atoms with Crippen LogP contribution in [-0.2, 0) is 11.2 Å². The number of carbonyl (C=O) groups is 2. The van der Waals surface area contributed by atoms with Gasteiger partial charge < -0.3 is 14.5 Å². The molecule has 0 saturated carbocycles. The van der Waals surface area contributed by atoms with Crippen molar-refractivity contribution < 1.29 is 23.1 Å². The van der Waals surface area contributed by atoms with E-state index < -0.39 is 17.7 Å². The largest absolute Gasteiger partial charge is 0.488 e. The van der Waals surface area contributed by atoms with E-state index in [1.54, 1.807) is 40.5 Å². The van der Waals surface area contributed by atoms with Crippen LogP contribution in [0.3, 0.4) is 0 Å². The zero-order valence-electron chi connectivity index (χ0n) is 19.7. The van der Waals surface area contributed by atoms with Gasteiger partial charge in [0.2, 0.25) is 5.91 Å². The number of para-hydroxylation sites is 1. The molecule has 0 aliphatic carbocycles. The van der Waals surface area contributed by atoms with Crippen molar-refractivity contribution in [2.24, 2.45) is 0 Å². The zero-order valence-corrected chi connectivity index (χ0v) is 20.6. The Hall–Kier alpha value is -3.26. The minimum atomic E-state index is -0.502. The maximum Gasteiger partial charge on any atom is 0.254 e. The molecule has 2 atom stereocenters. The van der Waals surface area contributed by atoms with E-state index in [1.165, 1.54) is 34.0 Å². The van der Waals surface area contributed by atoms with Crippen molar-refractivity contribution in [1.82, 2.24) is 9.80 Å². The molecule has 0 fully saturated rings. The fourth-order valence-electron chi connectivity index (χ4n) is 4.28. The van der Waals surface area contributed by atoms with Crippen LogP contribution in [0.15, 0.2) is 60.0 Å². The Morgan fingerprint density at radius 3 is 2.71 bits per heavy atom. The lowest BCUT2D eigenvalue weighted by atomic mass is 10.00. The summed E-state index contributed by atoms with van der Waals surface area (Å²) >= 11 is 1.63. The SMILES string of the molecule is CC[C@@H](C)N(CC(=O)N1CCc2sccc2[C@H]1COc1ccccc1F)C(=O)c1cccc(F)c1. The van der Waals surface area contributed by atoms with Gasteiger partial charge in [0.25, 0.3) is 5.91 Å². The highest BCUT2D eigenvalue weighted by atomic mass is 32.1. The zero-order chi connectivity index (χ0) is 24.9. The number of carbonyl (C=O) groups excluding carboxylic acids is 2. The smallest absolute Gasteiger partial charge is 0.254 e. The molecule has 3 aromatic rings. The molecular formula is C27H28F2N2O3S. The van der Waals surface area contributed by atoms with E-state index in [0.29, 0.717) is 19.4 Å². The van der Waals surface area contributed by atoms with Gasteiger partial charge in [-0.25, -0.2) is 8.78 Å². The van der Waals surface area contributed by atoms with Crippen LogP contribution in [0.25, 0.3) is 0 Å². The van der Waals surface area contributed by atoms with Crippen molar-refractivity contribution in [1.29, 1.82) is 0 Å². The third kappa shape index (κ3) is 5.53. The van der Waals surface area contributed by atoms with E-state index in [9.17, 15) is 18.4 Å². The Bertz CT molecular complexity index is 1200. The molecule has 0 spiro atoms. The summed E-state index contributed by atoms with van der Waals surface area (Å²) in [5, 5.41) is 1.98. The van der Waals surface area contributed by atoms with Gasteiger partial charge in [0.05, 0.1) is 6.04 Å². The number of hydrogen-bond donors (Lipinski definition) is 0. The summed E-state index contributed by atoms with van der Waals surface area (Å²) in [7, 11) is 0. The fourth-order valence-corrected chi connectivity index (χ4v) is 5.21. The summed E-state index contributed by atoms with van der Waals surface area (Å²) in [6.45, 7) is 4.23. The van der Waals surface area contributed by atoms with Gasteiger partial charge in [-0.2, -0.15) is 0 Å². The van der Waals surface area contributed by atoms with Crippen molar-refractivity contribution in [3.8, 4) is 5.75 Å². The minimum Gasteiger partial charge on any atom is -0.488 e. The molecule has 2 amide bonds. The lowest BCUT2D eigenvalue weighted by Crippen LogP contribution is -2.49. The van der Waals surface area contributed by atoms with Gasteiger partial charge in [0, 0.05) is 23.0 Å². The number of fused-ring (bicyclic) bond motifs is 1. The van der Waals surface area contributed by atoms with E-state index in [-0.39, 0.29) is 42.3 Å². The number of hydrogen-bond acceptors (Lipinski definition) is 4. The highest BCUT2D eigenvalue weighted by Gasteiger charge is 2.34. The van der Waals surface area contributed by atoms with Crippen molar-refractivity contribution in [2.75, 3.05) is 19.7 Å². The normalized spacial score (nSPS) is 15.9. The molecule has 1 aliphatic heterocycles. The number of halogens is 2. The second kappa shape index (κ2) is 11.0. The Labute approximate surface area is 207 Å². The molecule has 2 aromatic carbocycles. The first-order valence-corrected chi connectivity index (χ1v) is 12.6. The van der Waals surface area contributed by atoms with E-state index in [2.05, 4.69) is 0 Å². The molecule has 0 bridgehead atoms. The summed E-state index contributed by atoms with van der Waals surface area (Å²) in [5.74, 6) is -1.45. The van der Waals surface area contributed by atoms with Crippen LogP contribution in [0.5, 0.6) is 5.75 Å². The lowest BCUT2D eigenvalue weighted by Gasteiger charge is -2.38. The van der Waals surface area contributed by atoms with Crippen molar-refractivity contribution >= 4 is 23.2 Å². The van der Waals surface area contributed by atoms with Crippen molar-refractivity contribution in [3.63, 3.8) is 0 Å². The predicted octanol–water partition coefficient (Wildman–Crippen LogP) is 5.47. The number of thiophene rings is 1.